The van der Waals surface area contributed by atoms with Gasteiger partial charge in [-0.05, 0) is 47.9 Å². The Morgan fingerprint density at radius 1 is 0.815 bits per heavy atom. The highest BCUT2D eigenvalue weighted by Gasteiger charge is 2.19. The summed E-state index contributed by atoms with van der Waals surface area (Å²) in [6.45, 7) is 4.38. The van der Waals surface area contributed by atoms with E-state index in [1.807, 2.05) is 41.0 Å². The average Bonchev–Trinajstić information content (AvgIpc) is 3.33. The molecule has 5 aromatic rings. The molecule has 0 saturated heterocycles. The van der Waals surface area contributed by atoms with E-state index in [-0.39, 0.29) is 0 Å². The van der Waals surface area contributed by atoms with Crippen LogP contribution in [0.15, 0.2) is 71.3 Å². The lowest BCUT2D eigenvalue weighted by molar-refractivity contribution is 0.576. The molecule has 0 saturated carbocycles. The summed E-state index contributed by atoms with van der Waals surface area (Å²) in [5.41, 5.74) is 5.27. The van der Waals surface area contributed by atoms with Gasteiger partial charge in [-0.25, -0.2) is 15.0 Å². The third-order valence-electron chi connectivity index (χ3n) is 4.73. The molecule has 3 heterocycles. The van der Waals surface area contributed by atoms with E-state index in [1.54, 1.807) is 6.26 Å². The third kappa shape index (κ3) is 2.59. The molecule has 0 fully saturated rings. The van der Waals surface area contributed by atoms with Gasteiger partial charge in [0, 0.05) is 5.69 Å². The summed E-state index contributed by atoms with van der Waals surface area (Å²) in [7, 11) is 0. The first-order valence-electron chi connectivity index (χ1n) is 9.00. The van der Waals surface area contributed by atoms with E-state index in [4.69, 9.17) is 19.4 Å². The van der Waals surface area contributed by atoms with Crippen molar-refractivity contribution in [3.05, 3.63) is 72.5 Å². The SMILES string of the molecule is CC(C)c1ccc(-n2c(-c3ccco3)nc3nc4ccccc4nc32)cc1. The molecule has 5 nitrogen and oxygen atoms in total. The second-order valence-electron chi connectivity index (χ2n) is 6.85. The largest absolute Gasteiger partial charge is 0.461 e. The summed E-state index contributed by atoms with van der Waals surface area (Å²) in [4.78, 5) is 14.3. The van der Waals surface area contributed by atoms with Gasteiger partial charge in [0.15, 0.2) is 22.9 Å². The molecule has 0 bridgehead atoms. The van der Waals surface area contributed by atoms with Crippen molar-refractivity contribution in [3.8, 4) is 17.3 Å². The van der Waals surface area contributed by atoms with E-state index >= 15 is 0 Å². The van der Waals surface area contributed by atoms with Gasteiger partial charge in [-0.2, -0.15) is 0 Å². The minimum absolute atomic E-state index is 0.479. The maximum atomic E-state index is 5.63. The molecule has 5 rings (SSSR count). The maximum absolute atomic E-state index is 5.63. The van der Waals surface area contributed by atoms with E-state index in [2.05, 4.69) is 38.1 Å². The number of hydrogen-bond donors (Lipinski definition) is 0. The maximum Gasteiger partial charge on any atom is 0.199 e. The number of fused-ring (bicyclic) bond motifs is 2. The van der Waals surface area contributed by atoms with Gasteiger partial charge in [0.1, 0.15) is 0 Å². The Kier molecular flexibility index (Phi) is 3.53. The fraction of sp³-hybridized carbons (Fsp3) is 0.136. The predicted molar refractivity (Wildman–Crippen MR) is 106 cm³/mol. The summed E-state index contributed by atoms with van der Waals surface area (Å²) in [5.74, 6) is 1.86. The van der Waals surface area contributed by atoms with Crippen molar-refractivity contribution in [2.45, 2.75) is 19.8 Å². The molecule has 0 radical (unpaired) electrons. The molecule has 0 aliphatic carbocycles. The van der Waals surface area contributed by atoms with Gasteiger partial charge in [0.25, 0.3) is 0 Å². The number of para-hydroxylation sites is 2. The summed E-state index contributed by atoms with van der Waals surface area (Å²) in [5, 5.41) is 0. The summed E-state index contributed by atoms with van der Waals surface area (Å²) >= 11 is 0. The van der Waals surface area contributed by atoms with Crippen molar-refractivity contribution in [2.24, 2.45) is 0 Å². The van der Waals surface area contributed by atoms with Crippen molar-refractivity contribution in [2.75, 3.05) is 0 Å². The standard InChI is InChI=1S/C22H18N4O/c1-14(2)15-9-11-16(12-10-15)26-21(19-8-5-13-27-19)25-20-22(26)24-18-7-4-3-6-17(18)23-20/h3-14H,1-2H3. The van der Waals surface area contributed by atoms with Crippen LogP contribution in [0.2, 0.25) is 0 Å². The van der Waals surface area contributed by atoms with Gasteiger partial charge in [-0.3, -0.25) is 4.57 Å². The molecule has 0 aliphatic heterocycles. The average molecular weight is 354 g/mol. The minimum Gasteiger partial charge on any atom is -0.461 e. The van der Waals surface area contributed by atoms with E-state index < -0.39 is 0 Å². The number of hydrogen-bond acceptors (Lipinski definition) is 4. The van der Waals surface area contributed by atoms with Gasteiger partial charge in [-0.15, -0.1) is 0 Å². The Hall–Kier alpha value is -3.47. The van der Waals surface area contributed by atoms with Gasteiger partial charge in [0.2, 0.25) is 0 Å². The van der Waals surface area contributed by atoms with E-state index in [0.717, 1.165) is 22.4 Å². The Labute approximate surface area is 156 Å². The molecule has 2 aromatic carbocycles. The van der Waals surface area contributed by atoms with Crippen LogP contribution in [-0.2, 0) is 0 Å². The van der Waals surface area contributed by atoms with Crippen LogP contribution in [0.3, 0.4) is 0 Å². The molecule has 132 valence electrons. The van der Waals surface area contributed by atoms with Crippen LogP contribution in [0, 0.1) is 0 Å². The van der Waals surface area contributed by atoms with Crippen molar-refractivity contribution < 1.29 is 4.42 Å². The normalized spacial score (nSPS) is 11.7. The molecular formula is C22H18N4O. The number of furan rings is 1. The molecule has 5 heteroatoms. The van der Waals surface area contributed by atoms with Crippen LogP contribution < -0.4 is 0 Å². The molecule has 3 aromatic heterocycles. The highest BCUT2D eigenvalue weighted by molar-refractivity contribution is 5.85. The Balaban J connectivity index is 1.81. The quantitative estimate of drug-likeness (QED) is 0.438. The van der Waals surface area contributed by atoms with Crippen molar-refractivity contribution in [1.82, 2.24) is 19.5 Å². The molecule has 0 N–H and O–H groups in total. The monoisotopic (exact) mass is 354 g/mol. The van der Waals surface area contributed by atoms with Crippen molar-refractivity contribution in [1.29, 1.82) is 0 Å². The molecule has 0 amide bonds. The second-order valence-corrected chi connectivity index (χ2v) is 6.85. The lowest BCUT2D eigenvalue weighted by Gasteiger charge is -2.10. The third-order valence-corrected chi connectivity index (χ3v) is 4.73. The Morgan fingerprint density at radius 3 is 2.22 bits per heavy atom. The second kappa shape index (κ2) is 6.06. The highest BCUT2D eigenvalue weighted by Crippen LogP contribution is 2.29. The fourth-order valence-corrected chi connectivity index (χ4v) is 3.28. The smallest absolute Gasteiger partial charge is 0.199 e. The first-order chi connectivity index (χ1) is 13.2. The number of rotatable bonds is 3. The van der Waals surface area contributed by atoms with Crippen LogP contribution in [0.1, 0.15) is 25.3 Å². The van der Waals surface area contributed by atoms with Crippen molar-refractivity contribution in [3.63, 3.8) is 0 Å². The van der Waals surface area contributed by atoms with Gasteiger partial charge in [-0.1, -0.05) is 38.1 Å². The summed E-state index contributed by atoms with van der Waals surface area (Å²) in [6, 6.07) is 20.1. The van der Waals surface area contributed by atoms with E-state index in [0.29, 0.717) is 23.1 Å². The number of imidazole rings is 1. The Bertz CT molecular complexity index is 1240. The van der Waals surface area contributed by atoms with Gasteiger partial charge < -0.3 is 4.42 Å². The van der Waals surface area contributed by atoms with Crippen LogP contribution in [0.25, 0.3) is 39.6 Å². The van der Waals surface area contributed by atoms with Crippen LogP contribution in [-0.4, -0.2) is 19.5 Å². The minimum atomic E-state index is 0.479. The molecule has 0 unspecified atom stereocenters. The van der Waals surface area contributed by atoms with Crippen LogP contribution in [0.5, 0.6) is 0 Å². The fourth-order valence-electron chi connectivity index (χ4n) is 3.28. The lowest BCUT2D eigenvalue weighted by atomic mass is 10.0. The van der Waals surface area contributed by atoms with Gasteiger partial charge in [0.05, 0.1) is 17.3 Å². The molecule has 27 heavy (non-hydrogen) atoms. The molecular weight excluding hydrogens is 336 g/mol. The number of benzene rings is 2. The molecule has 0 aliphatic rings. The van der Waals surface area contributed by atoms with E-state index in [1.165, 1.54) is 5.56 Å². The summed E-state index contributed by atoms with van der Waals surface area (Å²) in [6.07, 6.45) is 1.65. The number of nitrogens with zero attached hydrogens (tertiary/aromatic N) is 4. The molecule has 0 atom stereocenters. The first-order valence-corrected chi connectivity index (χ1v) is 9.00. The predicted octanol–water partition coefficient (Wildman–Crippen LogP) is 5.35. The molecule has 0 spiro atoms. The van der Waals surface area contributed by atoms with Gasteiger partial charge >= 0.3 is 0 Å². The lowest BCUT2D eigenvalue weighted by Crippen LogP contribution is -1.99. The Morgan fingerprint density at radius 2 is 1.56 bits per heavy atom. The zero-order chi connectivity index (χ0) is 18.4. The van der Waals surface area contributed by atoms with E-state index in [9.17, 15) is 0 Å². The van der Waals surface area contributed by atoms with Crippen molar-refractivity contribution >= 4 is 22.3 Å². The first kappa shape index (κ1) is 15.8. The highest BCUT2D eigenvalue weighted by atomic mass is 16.3. The zero-order valence-electron chi connectivity index (χ0n) is 15.1. The topological polar surface area (TPSA) is 56.7 Å². The van der Waals surface area contributed by atoms with Crippen LogP contribution in [0.4, 0.5) is 0 Å². The van der Waals surface area contributed by atoms with Crippen LogP contribution >= 0.6 is 0 Å². The number of aromatic nitrogens is 4. The summed E-state index contributed by atoms with van der Waals surface area (Å²) < 4.78 is 7.64. The zero-order valence-corrected chi connectivity index (χ0v) is 15.1.